The van der Waals surface area contributed by atoms with Crippen LogP contribution in [0.2, 0.25) is 0 Å². The van der Waals surface area contributed by atoms with E-state index in [2.05, 4.69) is 20.3 Å². The number of fused-ring (bicyclic) bond motifs is 2. The minimum absolute atomic E-state index is 0.158. The molecule has 0 amide bonds. The molecule has 0 radical (unpaired) electrons. The third kappa shape index (κ3) is 3.15. The van der Waals surface area contributed by atoms with E-state index in [1.807, 2.05) is 72.8 Å². The second kappa shape index (κ2) is 7.47. The number of para-hydroxylation sites is 4. The molecule has 0 aliphatic carbocycles. The molecule has 0 fully saturated rings. The maximum atomic E-state index is 12.9. The summed E-state index contributed by atoms with van der Waals surface area (Å²) in [5.41, 5.74) is 2.32. The van der Waals surface area contributed by atoms with Crippen LogP contribution >= 0.6 is 11.8 Å². The van der Waals surface area contributed by atoms with Gasteiger partial charge in [-0.2, -0.15) is 9.67 Å². The summed E-state index contributed by atoms with van der Waals surface area (Å²) in [5, 5.41) is 7.91. The molecule has 32 heavy (non-hydrogen) atoms. The second-order valence-corrected chi connectivity index (χ2v) is 7.93. The average Bonchev–Trinajstić information content (AvgIpc) is 3.45. The van der Waals surface area contributed by atoms with Crippen LogP contribution in [0.5, 0.6) is 0 Å². The van der Waals surface area contributed by atoms with Crippen molar-refractivity contribution < 1.29 is 8.83 Å². The van der Waals surface area contributed by atoms with Gasteiger partial charge in [0.2, 0.25) is 5.89 Å². The Bertz CT molecular complexity index is 1570. The molecule has 3 heterocycles. The van der Waals surface area contributed by atoms with Crippen LogP contribution in [0.15, 0.2) is 102 Å². The first-order valence-corrected chi connectivity index (χ1v) is 10.5. The van der Waals surface area contributed by atoms with E-state index in [1.165, 1.54) is 16.4 Å². The number of nitrogens with zero attached hydrogens (tertiary/aromatic N) is 5. The van der Waals surface area contributed by atoms with E-state index in [9.17, 15) is 4.79 Å². The van der Waals surface area contributed by atoms with Crippen LogP contribution in [-0.4, -0.2) is 25.0 Å². The van der Waals surface area contributed by atoms with Crippen molar-refractivity contribution in [3.8, 4) is 17.6 Å². The summed E-state index contributed by atoms with van der Waals surface area (Å²) in [4.78, 5) is 23.1. The summed E-state index contributed by atoms with van der Waals surface area (Å²) in [6.45, 7) is 0. The molecule has 0 atom stereocenters. The molecule has 3 aromatic carbocycles. The molecular weight excluding hydrogens is 426 g/mol. The molecule has 9 heteroatoms. The Labute approximate surface area is 184 Å². The molecule has 0 saturated carbocycles. The van der Waals surface area contributed by atoms with E-state index in [4.69, 9.17) is 8.83 Å². The Morgan fingerprint density at radius 1 is 0.750 bits per heavy atom. The number of hydrogen-bond donors (Lipinski definition) is 0. The molecule has 154 valence electrons. The first kappa shape index (κ1) is 18.5. The summed E-state index contributed by atoms with van der Waals surface area (Å²) >= 11 is 1.26. The smallest absolute Gasteiger partial charge is 0.326 e. The van der Waals surface area contributed by atoms with Crippen molar-refractivity contribution in [1.82, 2.24) is 25.0 Å². The fourth-order valence-corrected chi connectivity index (χ4v) is 4.24. The van der Waals surface area contributed by atoms with Crippen molar-refractivity contribution >= 4 is 34.0 Å². The van der Waals surface area contributed by atoms with Gasteiger partial charge in [0.25, 0.3) is 0 Å². The van der Waals surface area contributed by atoms with E-state index < -0.39 is 5.56 Å². The van der Waals surface area contributed by atoms with Crippen LogP contribution in [0.3, 0.4) is 0 Å². The van der Waals surface area contributed by atoms with Crippen molar-refractivity contribution in [3.05, 3.63) is 89.2 Å². The third-order valence-electron chi connectivity index (χ3n) is 4.77. The van der Waals surface area contributed by atoms with E-state index in [0.717, 1.165) is 4.90 Å². The summed E-state index contributed by atoms with van der Waals surface area (Å²) in [5.74, 6) is 0.221. The van der Waals surface area contributed by atoms with Gasteiger partial charge in [0.1, 0.15) is 15.9 Å². The molecule has 6 rings (SSSR count). The van der Waals surface area contributed by atoms with Gasteiger partial charge < -0.3 is 8.83 Å². The highest BCUT2D eigenvalue weighted by Crippen LogP contribution is 2.35. The predicted octanol–water partition coefficient (Wildman–Crippen LogP) is 4.73. The molecule has 0 unspecified atom stereocenters. The minimum Gasteiger partial charge on any atom is -0.435 e. The van der Waals surface area contributed by atoms with Crippen LogP contribution in [0, 0.1) is 0 Å². The van der Waals surface area contributed by atoms with Crippen LogP contribution in [-0.2, 0) is 0 Å². The highest BCUT2D eigenvalue weighted by molar-refractivity contribution is 7.99. The molecule has 0 N–H and O–H groups in total. The lowest BCUT2D eigenvalue weighted by atomic mass is 10.3. The van der Waals surface area contributed by atoms with Gasteiger partial charge in [0.05, 0.1) is 0 Å². The Balaban J connectivity index is 1.63. The van der Waals surface area contributed by atoms with Crippen molar-refractivity contribution in [3.63, 3.8) is 0 Å². The first-order chi connectivity index (χ1) is 15.8. The Kier molecular flexibility index (Phi) is 4.32. The van der Waals surface area contributed by atoms with E-state index >= 15 is 0 Å². The molecule has 3 aromatic heterocycles. The Morgan fingerprint density at radius 3 is 2.12 bits per heavy atom. The quantitative estimate of drug-likeness (QED) is 0.389. The maximum absolute atomic E-state index is 12.9. The van der Waals surface area contributed by atoms with Crippen molar-refractivity contribution in [2.24, 2.45) is 0 Å². The third-order valence-corrected chi connectivity index (χ3v) is 5.85. The Hall–Kier alpha value is -4.24. The van der Waals surface area contributed by atoms with E-state index in [0.29, 0.717) is 32.8 Å². The van der Waals surface area contributed by atoms with Crippen molar-refractivity contribution in [2.75, 3.05) is 0 Å². The minimum atomic E-state index is -0.497. The first-order valence-electron chi connectivity index (χ1n) is 9.71. The van der Waals surface area contributed by atoms with Crippen LogP contribution in [0.1, 0.15) is 0 Å². The van der Waals surface area contributed by atoms with E-state index in [-0.39, 0.29) is 11.9 Å². The van der Waals surface area contributed by atoms with Crippen LogP contribution in [0.4, 0.5) is 0 Å². The lowest BCUT2D eigenvalue weighted by molar-refractivity contribution is 0.512. The molecule has 0 aliphatic heterocycles. The fraction of sp³-hybridized carbons (Fsp3) is 0. The topological polar surface area (TPSA) is 99.8 Å². The molecule has 0 saturated heterocycles. The van der Waals surface area contributed by atoms with Gasteiger partial charge in [0.15, 0.2) is 16.9 Å². The standard InChI is InChI=1S/C23H13N5O3S/c29-21-20(32-14-8-2-1-3-9-14)19(22-24-15-10-4-6-12-17(15)30-22)28(27-26-21)23-25-16-11-5-7-13-18(16)31-23/h1-13H. The predicted molar refractivity (Wildman–Crippen MR) is 119 cm³/mol. The highest BCUT2D eigenvalue weighted by atomic mass is 32.2. The van der Waals surface area contributed by atoms with Gasteiger partial charge in [-0.25, -0.2) is 4.98 Å². The second-order valence-electron chi connectivity index (χ2n) is 6.85. The zero-order valence-electron chi connectivity index (χ0n) is 16.4. The summed E-state index contributed by atoms with van der Waals surface area (Å²) in [6, 6.07) is 24.4. The maximum Gasteiger partial charge on any atom is 0.326 e. The summed E-state index contributed by atoms with van der Waals surface area (Å²) < 4.78 is 13.3. The summed E-state index contributed by atoms with van der Waals surface area (Å²) in [6.07, 6.45) is 0. The fourth-order valence-electron chi connectivity index (χ4n) is 3.32. The van der Waals surface area contributed by atoms with Gasteiger partial charge in [-0.05, 0) is 36.4 Å². The number of hydrogen-bond acceptors (Lipinski definition) is 8. The number of aromatic nitrogens is 5. The highest BCUT2D eigenvalue weighted by Gasteiger charge is 2.25. The number of oxazole rings is 2. The molecule has 8 nitrogen and oxygen atoms in total. The van der Waals surface area contributed by atoms with Crippen LogP contribution in [0.25, 0.3) is 39.8 Å². The molecular formula is C23H13N5O3S. The number of benzene rings is 3. The number of rotatable bonds is 4. The lowest BCUT2D eigenvalue weighted by Gasteiger charge is -2.09. The zero-order chi connectivity index (χ0) is 21.5. The normalized spacial score (nSPS) is 11.4. The molecule has 6 aromatic rings. The van der Waals surface area contributed by atoms with Crippen LogP contribution < -0.4 is 5.56 Å². The lowest BCUT2D eigenvalue weighted by Crippen LogP contribution is -2.20. The van der Waals surface area contributed by atoms with E-state index in [1.54, 1.807) is 6.07 Å². The van der Waals surface area contributed by atoms with Gasteiger partial charge in [-0.15, -0.1) is 0 Å². The molecule has 0 spiro atoms. The monoisotopic (exact) mass is 439 g/mol. The SMILES string of the molecule is O=c1nnn(-c2nc3ccccc3o2)c(-c2nc3ccccc3o2)c1Sc1ccccc1. The van der Waals surface area contributed by atoms with Crippen molar-refractivity contribution in [1.29, 1.82) is 0 Å². The zero-order valence-corrected chi connectivity index (χ0v) is 17.2. The van der Waals surface area contributed by atoms with Crippen molar-refractivity contribution in [2.45, 2.75) is 9.79 Å². The molecule has 0 aliphatic rings. The van der Waals surface area contributed by atoms with Gasteiger partial charge in [0, 0.05) is 4.90 Å². The summed E-state index contributed by atoms with van der Waals surface area (Å²) in [7, 11) is 0. The van der Waals surface area contributed by atoms with Gasteiger partial charge in [-0.3, -0.25) is 4.79 Å². The van der Waals surface area contributed by atoms with Gasteiger partial charge >= 0.3 is 11.6 Å². The average molecular weight is 439 g/mol. The largest absolute Gasteiger partial charge is 0.435 e. The Morgan fingerprint density at radius 2 is 1.41 bits per heavy atom. The molecule has 0 bridgehead atoms. The van der Waals surface area contributed by atoms with Gasteiger partial charge in [-0.1, -0.05) is 64.5 Å².